The van der Waals surface area contributed by atoms with Gasteiger partial charge in [0.1, 0.15) is 17.8 Å². The molecule has 1 atom stereocenters. The summed E-state index contributed by atoms with van der Waals surface area (Å²) in [4.78, 5) is 20.8. The predicted molar refractivity (Wildman–Crippen MR) is 122 cm³/mol. The number of nitrogens with zero attached hydrogens (tertiary/aromatic N) is 3. The van der Waals surface area contributed by atoms with Crippen molar-refractivity contribution in [3.05, 3.63) is 66.1 Å². The number of benzene rings is 1. The number of hydrogen-bond donors (Lipinski definition) is 4. The van der Waals surface area contributed by atoms with E-state index in [1.54, 1.807) is 24.7 Å². The number of H-pyrrole nitrogens is 1. The van der Waals surface area contributed by atoms with Gasteiger partial charge in [0.05, 0.1) is 22.6 Å². The van der Waals surface area contributed by atoms with Crippen LogP contribution in [0, 0.1) is 6.92 Å². The minimum atomic E-state index is -1.16. The van der Waals surface area contributed by atoms with Gasteiger partial charge >= 0.3 is 6.03 Å². The third-order valence-electron chi connectivity index (χ3n) is 4.50. The van der Waals surface area contributed by atoms with Crippen molar-refractivity contribution >= 4 is 39.8 Å². The first-order valence-corrected chi connectivity index (χ1v) is 11.0. The van der Waals surface area contributed by atoms with E-state index >= 15 is 0 Å². The zero-order valence-electron chi connectivity index (χ0n) is 17.0. The summed E-state index contributed by atoms with van der Waals surface area (Å²) in [7, 11) is 0. The van der Waals surface area contributed by atoms with Crippen molar-refractivity contribution in [1.29, 1.82) is 0 Å². The zero-order chi connectivity index (χ0) is 21.8. The minimum absolute atomic E-state index is 0.315. The van der Waals surface area contributed by atoms with Crippen molar-refractivity contribution in [3.8, 4) is 11.3 Å². The molecule has 31 heavy (non-hydrogen) atoms. The van der Waals surface area contributed by atoms with Crippen LogP contribution in [0.2, 0.25) is 0 Å². The highest BCUT2D eigenvalue weighted by Crippen LogP contribution is 2.26. The van der Waals surface area contributed by atoms with Gasteiger partial charge in [0, 0.05) is 41.6 Å². The summed E-state index contributed by atoms with van der Waals surface area (Å²) in [5.41, 5.74) is 5.00. The number of amides is 2. The van der Waals surface area contributed by atoms with Crippen LogP contribution in [0.4, 0.5) is 16.3 Å². The number of nitrogens with one attached hydrogen (secondary N) is 4. The summed E-state index contributed by atoms with van der Waals surface area (Å²) >= 11 is -1.16. The quantitative estimate of drug-likeness (QED) is 0.344. The van der Waals surface area contributed by atoms with Crippen LogP contribution in [0.3, 0.4) is 0 Å². The average Bonchev–Trinajstić information content (AvgIpc) is 3.15. The van der Waals surface area contributed by atoms with Gasteiger partial charge in [-0.2, -0.15) is 5.10 Å². The molecule has 158 valence electrons. The van der Waals surface area contributed by atoms with Gasteiger partial charge < -0.3 is 9.87 Å². The number of fused-ring (bicyclic) bond motifs is 1. The van der Waals surface area contributed by atoms with Crippen LogP contribution < -0.4 is 15.4 Å². The third-order valence-corrected chi connectivity index (χ3v) is 5.02. The topological polar surface area (TPSA) is 131 Å². The monoisotopic (exact) mass is 435 g/mol. The first-order chi connectivity index (χ1) is 15.0. The Morgan fingerprint density at radius 2 is 2.06 bits per heavy atom. The number of anilines is 2. The second-order valence-corrected chi connectivity index (χ2v) is 8.05. The molecule has 0 spiro atoms. The lowest BCUT2D eigenvalue weighted by Gasteiger charge is -2.10. The summed E-state index contributed by atoms with van der Waals surface area (Å²) < 4.78 is 14.1. The average molecular weight is 436 g/mol. The first kappa shape index (κ1) is 20.6. The molecule has 1 unspecified atom stereocenters. The summed E-state index contributed by atoms with van der Waals surface area (Å²) in [5, 5.41) is 13.7. The van der Waals surface area contributed by atoms with Crippen molar-refractivity contribution in [3.63, 3.8) is 0 Å². The molecule has 1 aromatic carbocycles. The fourth-order valence-electron chi connectivity index (χ4n) is 3.15. The normalized spacial score (nSPS) is 11.8. The summed E-state index contributed by atoms with van der Waals surface area (Å²) in [6.45, 7) is 2.24. The van der Waals surface area contributed by atoms with E-state index < -0.39 is 11.4 Å². The Kier molecular flexibility index (Phi) is 6.01. The summed E-state index contributed by atoms with van der Waals surface area (Å²) in [5.74, 6) is 0.405. The molecule has 0 saturated heterocycles. The Morgan fingerprint density at radius 1 is 1.19 bits per heavy atom. The number of carbonyl (C=O) groups is 1. The van der Waals surface area contributed by atoms with Gasteiger partial charge in [-0.3, -0.25) is 15.4 Å². The molecule has 3 aromatic heterocycles. The predicted octanol–water partition coefficient (Wildman–Crippen LogP) is 3.36. The highest BCUT2D eigenvalue weighted by atomic mass is 32.2. The molecule has 0 saturated carbocycles. The second kappa shape index (κ2) is 9.02. The molecule has 0 fully saturated rings. The Hall–Kier alpha value is -3.63. The standard InChI is InChI=1S/C21H21N7O2S/c1-13-8-15(6-7-22-13)20-17-12-23-19(10-18(17)26-27-20)25-21(29)24-11-14-4-3-5-16(9-14)28-31(2)30/h3-10,12,28H,11H2,1-2H3,(H,26,27)(H2,23,24,25,29). The molecule has 0 aliphatic rings. The Balaban J connectivity index is 1.41. The van der Waals surface area contributed by atoms with Crippen LogP contribution >= 0.6 is 0 Å². The lowest BCUT2D eigenvalue weighted by Crippen LogP contribution is -2.28. The van der Waals surface area contributed by atoms with Gasteiger partial charge in [-0.25, -0.2) is 14.5 Å². The van der Waals surface area contributed by atoms with Gasteiger partial charge in [-0.15, -0.1) is 0 Å². The molecule has 3 heterocycles. The SMILES string of the molecule is Cc1cc(-c2n[nH]c3cc(NC(=O)NCc4cccc(N[S+](C)[O-])c4)ncc23)ccn1. The fourth-order valence-corrected chi connectivity index (χ4v) is 3.61. The van der Waals surface area contributed by atoms with Crippen LogP contribution in [-0.2, 0) is 17.9 Å². The maximum Gasteiger partial charge on any atom is 0.320 e. The van der Waals surface area contributed by atoms with E-state index in [2.05, 4.69) is 35.5 Å². The van der Waals surface area contributed by atoms with Crippen LogP contribution in [0.25, 0.3) is 22.2 Å². The number of carbonyl (C=O) groups excluding carboxylic acids is 1. The van der Waals surface area contributed by atoms with Crippen molar-refractivity contribution in [2.24, 2.45) is 0 Å². The highest BCUT2D eigenvalue weighted by molar-refractivity contribution is 7.92. The lowest BCUT2D eigenvalue weighted by atomic mass is 10.1. The van der Waals surface area contributed by atoms with Crippen molar-refractivity contribution < 1.29 is 9.35 Å². The zero-order valence-corrected chi connectivity index (χ0v) is 17.8. The van der Waals surface area contributed by atoms with Gasteiger partial charge in [0.15, 0.2) is 0 Å². The fraction of sp³-hybridized carbons (Fsp3) is 0.143. The van der Waals surface area contributed by atoms with E-state index in [0.717, 1.165) is 39.1 Å². The van der Waals surface area contributed by atoms with E-state index in [0.29, 0.717) is 12.4 Å². The van der Waals surface area contributed by atoms with Crippen LogP contribution in [-0.4, -0.2) is 37.0 Å². The molecular formula is C21H21N7O2S. The number of rotatable bonds is 6. The number of aromatic nitrogens is 4. The summed E-state index contributed by atoms with van der Waals surface area (Å²) in [6, 6.07) is 12.6. The molecule has 9 nitrogen and oxygen atoms in total. The summed E-state index contributed by atoms with van der Waals surface area (Å²) in [6.07, 6.45) is 4.98. The Morgan fingerprint density at radius 3 is 2.87 bits per heavy atom. The van der Waals surface area contributed by atoms with Gasteiger partial charge in [0.2, 0.25) is 0 Å². The van der Waals surface area contributed by atoms with E-state index in [-0.39, 0.29) is 6.03 Å². The smallest absolute Gasteiger partial charge is 0.320 e. The molecule has 4 rings (SSSR count). The van der Waals surface area contributed by atoms with E-state index in [1.807, 2.05) is 43.3 Å². The molecule has 2 amide bonds. The Bertz CT molecular complexity index is 1230. The van der Waals surface area contributed by atoms with E-state index in [1.165, 1.54) is 0 Å². The molecule has 0 radical (unpaired) electrons. The number of urea groups is 1. The minimum Gasteiger partial charge on any atom is -0.593 e. The maximum atomic E-state index is 12.3. The number of aromatic amines is 1. The third kappa shape index (κ3) is 5.11. The molecule has 0 bridgehead atoms. The van der Waals surface area contributed by atoms with Crippen molar-refractivity contribution in [1.82, 2.24) is 25.5 Å². The lowest BCUT2D eigenvalue weighted by molar-refractivity contribution is 0.251. The van der Waals surface area contributed by atoms with Crippen LogP contribution in [0.1, 0.15) is 11.3 Å². The first-order valence-electron chi connectivity index (χ1n) is 9.49. The Labute approximate surface area is 182 Å². The number of hydrogen-bond acceptors (Lipinski definition) is 6. The van der Waals surface area contributed by atoms with E-state index in [9.17, 15) is 9.35 Å². The second-order valence-electron chi connectivity index (χ2n) is 6.94. The molecule has 0 aliphatic heterocycles. The number of pyridine rings is 2. The molecule has 4 N–H and O–H groups in total. The van der Waals surface area contributed by atoms with E-state index in [4.69, 9.17) is 0 Å². The van der Waals surface area contributed by atoms with Gasteiger partial charge in [-0.05, 0) is 36.8 Å². The molecule has 10 heteroatoms. The molecule has 4 aromatic rings. The van der Waals surface area contributed by atoms with Crippen molar-refractivity contribution in [2.45, 2.75) is 13.5 Å². The van der Waals surface area contributed by atoms with Gasteiger partial charge in [-0.1, -0.05) is 12.1 Å². The molecular weight excluding hydrogens is 414 g/mol. The molecule has 0 aliphatic carbocycles. The number of aryl methyl sites for hydroxylation is 1. The van der Waals surface area contributed by atoms with Crippen molar-refractivity contribution in [2.75, 3.05) is 16.3 Å². The van der Waals surface area contributed by atoms with Crippen LogP contribution in [0.5, 0.6) is 0 Å². The largest absolute Gasteiger partial charge is 0.593 e. The highest BCUT2D eigenvalue weighted by Gasteiger charge is 2.11. The maximum absolute atomic E-state index is 12.3. The van der Waals surface area contributed by atoms with Crippen LogP contribution in [0.15, 0.2) is 54.9 Å². The van der Waals surface area contributed by atoms with Gasteiger partial charge in [0.25, 0.3) is 0 Å².